The van der Waals surface area contributed by atoms with Crippen molar-refractivity contribution in [3.8, 4) is 11.5 Å². The summed E-state index contributed by atoms with van der Waals surface area (Å²) in [4.78, 5) is 21.6. The molecule has 6 heteroatoms. The van der Waals surface area contributed by atoms with Gasteiger partial charge in [-0.05, 0) is 31.5 Å². The number of piperazine rings is 1. The Morgan fingerprint density at radius 3 is 2.41 bits per heavy atom. The topological polar surface area (TPSA) is 62.5 Å². The fraction of sp³-hybridized carbons (Fsp3) is 0.348. The van der Waals surface area contributed by atoms with Crippen molar-refractivity contribution in [2.45, 2.75) is 26.3 Å². The normalized spacial score (nSPS) is 16.0. The summed E-state index contributed by atoms with van der Waals surface area (Å²) in [7, 11) is 0. The highest BCUT2D eigenvalue weighted by Crippen LogP contribution is 2.20. The minimum Gasteiger partial charge on any atom is -0.340 e. The molecule has 0 N–H and O–H groups in total. The van der Waals surface area contributed by atoms with Crippen LogP contribution in [-0.2, 0) is 11.3 Å². The number of benzene rings is 2. The van der Waals surface area contributed by atoms with Crippen LogP contribution >= 0.6 is 0 Å². The molecular formula is C23H26N4O2. The van der Waals surface area contributed by atoms with Gasteiger partial charge >= 0.3 is 0 Å². The molecule has 0 radical (unpaired) electrons. The predicted octanol–water partition coefficient (Wildman–Crippen LogP) is 3.49. The van der Waals surface area contributed by atoms with E-state index in [-0.39, 0.29) is 11.8 Å². The molecule has 0 spiro atoms. The van der Waals surface area contributed by atoms with Gasteiger partial charge in [0, 0.05) is 31.7 Å². The monoisotopic (exact) mass is 390 g/mol. The van der Waals surface area contributed by atoms with E-state index in [9.17, 15) is 4.79 Å². The quantitative estimate of drug-likeness (QED) is 0.667. The van der Waals surface area contributed by atoms with Crippen LogP contribution in [0.2, 0.25) is 0 Å². The van der Waals surface area contributed by atoms with Crippen molar-refractivity contribution in [2.75, 3.05) is 26.2 Å². The lowest BCUT2D eigenvalue weighted by molar-refractivity contribution is -0.134. The van der Waals surface area contributed by atoms with Crippen molar-refractivity contribution in [1.29, 1.82) is 0 Å². The van der Waals surface area contributed by atoms with E-state index in [0.717, 1.165) is 37.3 Å². The first-order valence-corrected chi connectivity index (χ1v) is 10.1. The smallest absolute Gasteiger partial charge is 0.257 e. The average Bonchev–Trinajstić information content (AvgIpc) is 3.23. The number of rotatable bonds is 5. The van der Waals surface area contributed by atoms with E-state index in [1.165, 1.54) is 5.56 Å². The van der Waals surface area contributed by atoms with Crippen molar-refractivity contribution < 1.29 is 9.32 Å². The Balaban J connectivity index is 1.31. The van der Waals surface area contributed by atoms with Gasteiger partial charge in [-0.1, -0.05) is 53.2 Å². The molecule has 1 aliphatic rings. The van der Waals surface area contributed by atoms with Crippen LogP contribution in [0.1, 0.15) is 29.8 Å². The molecule has 0 saturated carbocycles. The molecule has 2 aromatic carbocycles. The van der Waals surface area contributed by atoms with Crippen molar-refractivity contribution in [2.24, 2.45) is 0 Å². The van der Waals surface area contributed by atoms with Crippen LogP contribution < -0.4 is 0 Å². The zero-order valence-electron chi connectivity index (χ0n) is 16.9. The Morgan fingerprint density at radius 1 is 1.03 bits per heavy atom. The van der Waals surface area contributed by atoms with Crippen LogP contribution in [0.25, 0.3) is 11.5 Å². The first-order chi connectivity index (χ1) is 14.1. The standard InChI is InChI=1S/C23H26N4O2/c1-17-8-10-20(11-9-17)22-24-21(25-29-22)16-26-12-14-27(15-13-26)23(28)18(2)19-6-4-3-5-7-19/h3-11,18H,12-16H2,1-2H3/t18-/m0/s1. The fourth-order valence-electron chi connectivity index (χ4n) is 3.62. The molecule has 1 aromatic heterocycles. The fourth-order valence-corrected chi connectivity index (χ4v) is 3.62. The zero-order chi connectivity index (χ0) is 20.2. The minimum absolute atomic E-state index is 0.114. The summed E-state index contributed by atoms with van der Waals surface area (Å²) < 4.78 is 5.42. The van der Waals surface area contributed by atoms with E-state index < -0.39 is 0 Å². The van der Waals surface area contributed by atoms with E-state index in [1.54, 1.807) is 0 Å². The second-order valence-corrected chi connectivity index (χ2v) is 7.62. The van der Waals surface area contributed by atoms with Gasteiger partial charge < -0.3 is 9.42 Å². The Labute approximate surface area is 171 Å². The molecule has 29 heavy (non-hydrogen) atoms. The van der Waals surface area contributed by atoms with E-state index in [0.29, 0.717) is 18.3 Å². The first kappa shape index (κ1) is 19.3. The van der Waals surface area contributed by atoms with Crippen LogP contribution in [0.4, 0.5) is 0 Å². The lowest BCUT2D eigenvalue weighted by Crippen LogP contribution is -2.49. The molecule has 3 aromatic rings. The summed E-state index contributed by atoms with van der Waals surface area (Å²) in [5.74, 6) is 1.30. The summed E-state index contributed by atoms with van der Waals surface area (Å²) in [6.07, 6.45) is 0. The maximum Gasteiger partial charge on any atom is 0.257 e. The predicted molar refractivity (Wildman–Crippen MR) is 111 cm³/mol. The third-order valence-corrected chi connectivity index (χ3v) is 5.49. The van der Waals surface area contributed by atoms with Gasteiger partial charge in [0.15, 0.2) is 5.82 Å². The van der Waals surface area contributed by atoms with Gasteiger partial charge in [0.2, 0.25) is 5.91 Å². The molecule has 0 aliphatic carbocycles. The average molecular weight is 390 g/mol. The zero-order valence-corrected chi connectivity index (χ0v) is 16.9. The van der Waals surface area contributed by atoms with Crippen molar-refractivity contribution >= 4 is 5.91 Å². The minimum atomic E-state index is -0.114. The molecular weight excluding hydrogens is 364 g/mol. The van der Waals surface area contributed by atoms with Gasteiger partial charge in [0.05, 0.1) is 12.5 Å². The molecule has 6 nitrogen and oxygen atoms in total. The number of carbonyl (C=O) groups is 1. The molecule has 1 saturated heterocycles. The highest BCUT2D eigenvalue weighted by molar-refractivity contribution is 5.83. The first-order valence-electron chi connectivity index (χ1n) is 10.1. The van der Waals surface area contributed by atoms with Crippen molar-refractivity contribution in [1.82, 2.24) is 19.9 Å². The lowest BCUT2D eigenvalue weighted by atomic mass is 9.99. The van der Waals surface area contributed by atoms with Crippen LogP contribution in [0.15, 0.2) is 59.1 Å². The molecule has 2 heterocycles. The Morgan fingerprint density at radius 2 is 1.72 bits per heavy atom. The SMILES string of the molecule is Cc1ccc(-c2nc(CN3CCN(C(=O)[C@@H](C)c4ccccc4)CC3)no2)cc1. The third-order valence-electron chi connectivity index (χ3n) is 5.49. The number of hydrogen-bond donors (Lipinski definition) is 0. The van der Waals surface area contributed by atoms with E-state index in [1.807, 2.05) is 73.3 Å². The van der Waals surface area contributed by atoms with E-state index in [4.69, 9.17) is 4.52 Å². The molecule has 1 atom stereocenters. The largest absolute Gasteiger partial charge is 0.340 e. The highest BCUT2D eigenvalue weighted by atomic mass is 16.5. The number of aromatic nitrogens is 2. The number of amides is 1. The number of aryl methyl sites for hydroxylation is 1. The van der Waals surface area contributed by atoms with Crippen LogP contribution in [0.5, 0.6) is 0 Å². The second-order valence-electron chi connectivity index (χ2n) is 7.62. The maximum absolute atomic E-state index is 12.8. The van der Waals surface area contributed by atoms with E-state index in [2.05, 4.69) is 15.0 Å². The summed E-state index contributed by atoms with van der Waals surface area (Å²) in [6.45, 7) is 7.72. The molecule has 150 valence electrons. The molecule has 0 bridgehead atoms. The lowest BCUT2D eigenvalue weighted by Gasteiger charge is -2.35. The van der Waals surface area contributed by atoms with Gasteiger partial charge in [-0.15, -0.1) is 0 Å². The van der Waals surface area contributed by atoms with Crippen LogP contribution in [0, 0.1) is 6.92 Å². The molecule has 0 unspecified atom stereocenters. The van der Waals surface area contributed by atoms with Crippen molar-refractivity contribution in [3.63, 3.8) is 0 Å². The molecule has 1 amide bonds. The van der Waals surface area contributed by atoms with Gasteiger partial charge in [-0.2, -0.15) is 4.98 Å². The molecule has 4 rings (SSSR count). The van der Waals surface area contributed by atoms with Gasteiger partial charge in [-0.3, -0.25) is 9.69 Å². The van der Waals surface area contributed by atoms with Crippen molar-refractivity contribution in [3.05, 3.63) is 71.5 Å². The van der Waals surface area contributed by atoms with Gasteiger partial charge in [0.25, 0.3) is 5.89 Å². The highest BCUT2D eigenvalue weighted by Gasteiger charge is 2.26. The van der Waals surface area contributed by atoms with E-state index >= 15 is 0 Å². The second kappa shape index (κ2) is 8.57. The van der Waals surface area contributed by atoms with Crippen LogP contribution in [0.3, 0.4) is 0 Å². The van der Waals surface area contributed by atoms with Gasteiger partial charge in [-0.25, -0.2) is 0 Å². The number of carbonyl (C=O) groups excluding carboxylic acids is 1. The third kappa shape index (κ3) is 4.54. The van der Waals surface area contributed by atoms with Crippen LogP contribution in [-0.4, -0.2) is 52.0 Å². The Hall–Kier alpha value is -2.99. The Bertz CT molecular complexity index is 945. The summed E-state index contributed by atoms with van der Waals surface area (Å²) in [6, 6.07) is 18.0. The number of nitrogens with zero attached hydrogens (tertiary/aromatic N) is 4. The molecule has 1 aliphatic heterocycles. The summed E-state index contributed by atoms with van der Waals surface area (Å²) in [5.41, 5.74) is 3.19. The Kier molecular flexibility index (Phi) is 5.71. The number of hydrogen-bond acceptors (Lipinski definition) is 5. The molecule has 1 fully saturated rings. The van der Waals surface area contributed by atoms with Gasteiger partial charge in [0.1, 0.15) is 0 Å². The maximum atomic E-state index is 12.8. The summed E-state index contributed by atoms with van der Waals surface area (Å²) in [5, 5.41) is 4.12. The summed E-state index contributed by atoms with van der Waals surface area (Å²) >= 11 is 0.